The third-order valence-corrected chi connectivity index (χ3v) is 1.71. The Kier molecular flexibility index (Phi) is 1.48. The number of hydrogen-bond acceptors (Lipinski definition) is 3. The molecule has 0 saturated carbocycles. The van der Waals surface area contributed by atoms with E-state index in [1.54, 1.807) is 18.3 Å². The molecule has 0 spiro atoms. The van der Waals surface area contributed by atoms with Crippen molar-refractivity contribution in [2.24, 2.45) is 5.73 Å². The van der Waals surface area contributed by atoms with Crippen LogP contribution in [0.25, 0.3) is 11.0 Å². The van der Waals surface area contributed by atoms with Gasteiger partial charge in [0.2, 0.25) is 0 Å². The van der Waals surface area contributed by atoms with Crippen LogP contribution in [0.3, 0.4) is 0 Å². The third-order valence-electron chi connectivity index (χ3n) is 1.71. The number of fused-ring (bicyclic) bond motifs is 1. The zero-order chi connectivity index (χ0) is 8.55. The Labute approximate surface area is 68.0 Å². The van der Waals surface area contributed by atoms with Crippen LogP contribution in [0.5, 0.6) is 0 Å². The fourth-order valence-corrected chi connectivity index (χ4v) is 1.13. The molecule has 0 unspecified atom stereocenters. The number of aromatic nitrogens is 1. The molecule has 0 aliphatic rings. The lowest BCUT2D eigenvalue weighted by molar-refractivity contribution is 0.552. The number of aromatic amines is 1. The van der Waals surface area contributed by atoms with E-state index < -0.39 is 0 Å². The van der Waals surface area contributed by atoms with E-state index in [-0.39, 0.29) is 5.56 Å². The number of pyridine rings is 1. The highest BCUT2D eigenvalue weighted by molar-refractivity contribution is 5.76. The van der Waals surface area contributed by atoms with Crippen molar-refractivity contribution in [1.82, 2.24) is 4.98 Å². The molecule has 3 N–H and O–H groups in total. The van der Waals surface area contributed by atoms with E-state index in [9.17, 15) is 4.79 Å². The Morgan fingerprint density at radius 3 is 3.08 bits per heavy atom. The summed E-state index contributed by atoms with van der Waals surface area (Å²) in [4.78, 5) is 13.7. The van der Waals surface area contributed by atoms with Gasteiger partial charge in [0.15, 0.2) is 0 Å². The van der Waals surface area contributed by atoms with Crippen molar-refractivity contribution >= 4 is 11.0 Å². The van der Waals surface area contributed by atoms with Gasteiger partial charge in [-0.05, 0) is 12.1 Å². The van der Waals surface area contributed by atoms with Gasteiger partial charge in [-0.2, -0.15) is 0 Å². The smallest absolute Gasteiger partial charge is 0.259 e. The van der Waals surface area contributed by atoms with Crippen molar-refractivity contribution in [2.75, 3.05) is 0 Å². The van der Waals surface area contributed by atoms with Crippen molar-refractivity contribution in [1.29, 1.82) is 0 Å². The van der Waals surface area contributed by atoms with Crippen molar-refractivity contribution < 1.29 is 4.42 Å². The lowest BCUT2D eigenvalue weighted by atomic mass is 10.3. The molecule has 0 radical (unpaired) electrons. The normalized spacial score (nSPS) is 10.8. The van der Waals surface area contributed by atoms with Gasteiger partial charge in [-0.3, -0.25) is 4.79 Å². The summed E-state index contributed by atoms with van der Waals surface area (Å²) in [5.41, 5.74) is 5.80. The summed E-state index contributed by atoms with van der Waals surface area (Å²) < 4.78 is 5.25. The first-order valence-electron chi connectivity index (χ1n) is 3.61. The van der Waals surface area contributed by atoms with E-state index >= 15 is 0 Å². The predicted octanol–water partition coefficient (Wildman–Crippen LogP) is 0.580. The zero-order valence-corrected chi connectivity index (χ0v) is 6.33. The molecule has 4 nitrogen and oxygen atoms in total. The molecule has 2 aromatic heterocycles. The van der Waals surface area contributed by atoms with Gasteiger partial charge >= 0.3 is 0 Å². The molecule has 0 aromatic carbocycles. The van der Waals surface area contributed by atoms with E-state index in [0.29, 0.717) is 23.3 Å². The highest BCUT2D eigenvalue weighted by Gasteiger charge is 2.03. The molecule has 4 heteroatoms. The lowest BCUT2D eigenvalue weighted by Crippen LogP contribution is -2.02. The van der Waals surface area contributed by atoms with Gasteiger partial charge in [0.05, 0.1) is 11.9 Å². The van der Waals surface area contributed by atoms with E-state index in [1.165, 1.54) is 0 Å². The van der Waals surface area contributed by atoms with Gasteiger partial charge in [-0.25, -0.2) is 0 Å². The molecule has 0 bridgehead atoms. The van der Waals surface area contributed by atoms with E-state index in [4.69, 9.17) is 10.2 Å². The summed E-state index contributed by atoms with van der Waals surface area (Å²) in [5, 5.41) is 0.554. The molecule has 2 heterocycles. The number of nitrogens with one attached hydrogen (secondary N) is 1. The summed E-state index contributed by atoms with van der Waals surface area (Å²) in [7, 11) is 0. The van der Waals surface area contributed by atoms with Crippen molar-refractivity contribution in [3.63, 3.8) is 0 Å². The lowest BCUT2D eigenvalue weighted by Gasteiger charge is -1.84. The van der Waals surface area contributed by atoms with E-state index in [1.807, 2.05) is 0 Å². The largest absolute Gasteiger partial charge is 0.459 e. The average Bonchev–Trinajstić information content (AvgIpc) is 2.49. The Balaban J connectivity index is 2.83. The Bertz CT molecular complexity index is 455. The van der Waals surface area contributed by atoms with Gasteiger partial charge in [-0.15, -0.1) is 0 Å². The predicted molar refractivity (Wildman–Crippen MR) is 44.7 cm³/mol. The molecule has 62 valence electrons. The van der Waals surface area contributed by atoms with Gasteiger partial charge in [0, 0.05) is 6.20 Å². The zero-order valence-electron chi connectivity index (χ0n) is 6.33. The molecule has 0 aliphatic carbocycles. The molecule has 0 fully saturated rings. The highest BCUT2D eigenvalue weighted by Crippen LogP contribution is 2.13. The first kappa shape index (κ1) is 7.12. The number of rotatable bonds is 1. The van der Waals surface area contributed by atoms with Crippen molar-refractivity contribution in [3.8, 4) is 0 Å². The summed E-state index contributed by atoms with van der Waals surface area (Å²) in [6.07, 6.45) is 1.55. The summed E-state index contributed by atoms with van der Waals surface area (Å²) in [6, 6.07) is 3.37. The van der Waals surface area contributed by atoms with Crippen LogP contribution in [0.15, 0.2) is 27.5 Å². The molecular formula is C8H8N2O2. The van der Waals surface area contributed by atoms with Crippen molar-refractivity contribution in [2.45, 2.75) is 6.54 Å². The van der Waals surface area contributed by atoms with Crippen LogP contribution in [0.1, 0.15) is 5.76 Å². The highest BCUT2D eigenvalue weighted by atomic mass is 16.3. The van der Waals surface area contributed by atoms with E-state index in [2.05, 4.69) is 4.98 Å². The Morgan fingerprint density at radius 2 is 2.42 bits per heavy atom. The monoisotopic (exact) mass is 164 g/mol. The molecular weight excluding hydrogens is 156 g/mol. The van der Waals surface area contributed by atoms with Gasteiger partial charge in [0.25, 0.3) is 5.56 Å². The van der Waals surface area contributed by atoms with Crippen LogP contribution >= 0.6 is 0 Å². The van der Waals surface area contributed by atoms with Crippen LogP contribution in [0.2, 0.25) is 0 Å². The average molecular weight is 164 g/mol. The molecule has 2 aromatic rings. The van der Waals surface area contributed by atoms with Gasteiger partial charge in [-0.1, -0.05) is 0 Å². The summed E-state index contributed by atoms with van der Waals surface area (Å²) in [5.74, 6) is 0.627. The Hall–Kier alpha value is -1.55. The van der Waals surface area contributed by atoms with Crippen LogP contribution in [0.4, 0.5) is 0 Å². The van der Waals surface area contributed by atoms with Crippen molar-refractivity contribution in [3.05, 3.63) is 34.4 Å². The standard InChI is InChI=1S/C8H8N2O2/c9-4-5-3-6-7(12-5)1-2-10-8(6)11/h1-3H,4,9H2,(H,10,11). The van der Waals surface area contributed by atoms with Crippen LogP contribution in [-0.2, 0) is 6.54 Å². The molecule has 0 amide bonds. The second kappa shape index (κ2) is 2.49. The molecule has 0 saturated heterocycles. The fourth-order valence-electron chi connectivity index (χ4n) is 1.13. The number of furan rings is 1. The number of nitrogens with two attached hydrogens (primary N) is 1. The summed E-state index contributed by atoms with van der Waals surface area (Å²) in [6.45, 7) is 0.314. The van der Waals surface area contributed by atoms with Gasteiger partial charge < -0.3 is 15.1 Å². The first-order valence-corrected chi connectivity index (χ1v) is 3.61. The van der Waals surface area contributed by atoms with Crippen LogP contribution < -0.4 is 11.3 Å². The maximum absolute atomic E-state index is 11.2. The molecule has 12 heavy (non-hydrogen) atoms. The maximum atomic E-state index is 11.2. The topological polar surface area (TPSA) is 72.0 Å². The van der Waals surface area contributed by atoms with E-state index in [0.717, 1.165) is 0 Å². The first-order chi connectivity index (χ1) is 5.81. The minimum absolute atomic E-state index is 0.143. The minimum Gasteiger partial charge on any atom is -0.459 e. The number of H-pyrrole nitrogens is 1. The fraction of sp³-hybridized carbons (Fsp3) is 0.125. The van der Waals surface area contributed by atoms with Crippen LogP contribution in [-0.4, -0.2) is 4.98 Å². The Morgan fingerprint density at radius 1 is 1.58 bits per heavy atom. The third kappa shape index (κ3) is 0.931. The second-order valence-electron chi connectivity index (χ2n) is 2.50. The summed E-state index contributed by atoms with van der Waals surface area (Å²) >= 11 is 0. The van der Waals surface area contributed by atoms with Gasteiger partial charge in [0.1, 0.15) is 11.3 Å². The molecule has 0 atom stereocenters. The SMILES string of the molecule is NCc1cc2c(=O)[nH]ccc2o1. The second-order valence-corrected chi connectivity index (χ2v) is 2.50. The molecule has 2 rings (SSSR count). The molecule has 0 aliphatic heterocycles. The minimum atomic E-state index is -0.143. The quantitative estimate of drug-likeness (QED) is 0.647. The maximum Gasteiger partial charge on any atom is 0.259 e. The number of hydrogen-bond donors (Lipinski definition) is 2. The van der Waals surface area contributed by atoms with Crippen LogP contribution in [0, 0.1) is 0 Å².